The van der Waals surface area contributed by atoms with E-state index in [9.17, 15) is 4.79 Å². The molecule has 3 aromatic rings. The monoisotopic (exact) mass is 470 g/mol. The molecule has 0 atom stereocenters. The van der Waals surface area contributed by atoms with Crippen LogP contribution in [0, 0.1) is 0 Å². The number of halogens is 2. The summed E-state index contributed by atoms with van der Waals surface area (Å²) >= 11 is 12.4. The number of anilines is 1. The van der Waals surface area contributed by atoms with E-state index in [1.165, 1.54) is 0 Å². The molecule has 0 aliphatic carbocycles. The molecule has 6 nitrogen and oxygen atoms in total. The highest BCUT2D eigenvalue weighted by Gasteiger charge is 2.20. The lowest BCUT2D eigenvalue weighted by Gasteiger charge is -2.32. The van der Waals surface area contributed by atoms with Crippen LogP contribution in [0.25, 0.3) is 11.1 Å². The van der Waals surface area contributed by atoms with E-state index in [0.29, 0.717) is 26.9 Å². The van der Waals surface area contributed by atoms with Crippen LogP contribution in [0.15, 0.2) is 54.7 Å². The van der Waals surface area contributed by atoms with Gasteiger partial charge >= 0.3 is 0 Å². The molecule has 8 heteroatoms. The highest BCUT2D eigenvalue weighted by molar-refractivity contribution is 6.35. The third-order valence-corrected chi connectivity index (χ3v) is 6.28. The van der Waals surface area contributed by atoms with Gasteiger partial charge in [-0.25, -0.2) is 4.98 Å². The molecule has 32 heavy (non-hydrogen) atoms. The first-order valence-electron chi connectivity index (χ1n) is 10.3. The van der Waals surface area contributed by atoms with Gasteiger partial charge in [0.05, 0.1) is 0 Å². The number of carbonyl (C=O) groups excluding carboxylic acids is 1. The number of likely N-dealkylation sites (N-methyl/N-ethyl adjacent to an activating group) is 1. The van der Waals surface area contributed by atoms with Crippen LogP contribution in [-0.2, 0) is 6.61 Å². The summed E-state index contributed by atoms with van der Waals surface area (Å²) in [6.07, 6.45) is 1.68. The highest BCUT2D eigenvalue weighted by atomic mass is 35.5. The van der Waals surface area contributed by atoms with Crippen molar-refractivity contribution in [1.82, 2.24) is 14.8 Å². The van der Waals surface area contributed by atoms with Gasteiger partial charge in [-0.15, -0.1) is 0 Å². The predicted octanol–water partition coefficient (Wildman–Crippen LogP) is 4.60. The summed E-state index contributed by atoms with van der Waals surface area (Å²) in [5.41, 5.74) is 9.11. The quantitative estimate of drug-likeness (QED) is 0.589. The fraction of sp³-hybridized carbons (Fsp3) is 0.250. The number of rotatable bonds is 5. The molecule has 2 heterocycles. The van der Waals surface area contributed by atoms with E-state index in [1.54, 1.807) is 24.4 Å². The molecule has 1 aliphatic heterocycles. The van der Waals surface area contributed by atoms with Crippen molar-refractivity contribution in [2.45, 2.75) is 6.61 Å². The number of carbonyl (C=O) groups is 1. The van der Waals surface area contributed by atoms with Gasteiger partial charge in [0.2, 0.25) is 0 Å². The largest absolute Gasteiger partial charge is 0.485 e. The minimum Gasteiger partial charge on any atom is -0.485 e. The van der Waals surface area contributed by atoms with E-state index < -0.39 is 0 Å². The van der Waals surface area contributed by atoms with Crippen LogP contribution in [0.1, 0.15) is 15.9 Å². The molecule has 0 saturated carbocycles. The second-order valence-corrected chi connectivity index (χ2v) is 8.58. The molecule has 2 aromatic carbocycles. The minimum atomic E-state index is 0.0562. The van der Waals surface area contributed by atoms with Crippen molar-refractivity contribution in [2.75, 3.05) is 39.0 Å². The van der Waals surface area contributed by atoms with Crippen molar-refractivity contribution < 1.29 is 9.53 Å². The zero-order valence-electron chi connectivity index (χ0n) is 17.7. The molecule has 1 amide bonds. The van der Waals surface area contributed by atoms with Crippen molar-refractivity contribution in [3.8, 4) is 16.9 Å². The molecular formula is C24H24Cl2N4O2. The van der Waals surface area contributed by atoms with Crippen molar-refractivity contribution in [3.63, 3.8) is 0 Å². The lowest BCUT2D eigenvalue weighted by atomic mass is 10.0. The maximum Gasteiger partial charge on any atom is 0.253 e. The van der Waals surface area contributed by atoms with Crippen LogP contribution in [-0.4, -0.2) is 53.9 Å². The van der Waals surface area contributed by atoms with E-state index in [0.717, 1.165) is 37.3 Å². The Labute approximate surface area is 197 Å². The molecule has 0 radical (unpaired) electrons. The maximum atomic E-state index is 12.8. The summed E-state index contributed by atoms with van der Waals surface area (Å²) < 4.78 is 5.88. The second-order valence-electron chi connectivity index (χ2n) is 7.77. The standard InChI is InChI=1S/C24H24Cl2N4O2/c1-29-9-11-30(12-10-29)24(31)17-7-5-16(6-8-17)18-13-22(23(27)28-14-18)32-15-19-20(25)3-2-4-21(19)26/h2-8,13-14H,9-12,15H2,1H3,(H2,27,28). The Balaban J connectivity index is 1.48. The van der Waals surface area contributed by atoms with Gasteiger partial charge in [-0.05, 0) is 42.9 Å². The zero-order chi connectivity index (χ0) is 22.7. The van der Waals surface area contributed by atoms with Crippen molar-refractivity contribution in [3.05, 3.63) is 75.9 Å². The van der Waals surface area contributed by atoms with Gasteiger partial charge < -0.3 is 20.3 Å². The summed E-state index contributed by atoms with van der Waals surface area (Å²) in [6, 6.07) is 14.6. The molecule has 1 saturated heterocycles. The van der Waals surface area contributed by atoms with Gasteiger partial charge in [0, 0.05) is 59.1 Å². The average molecular weight is 471 g/mol. The molecule has 1 aliphatic rings. The number of nitrogens with two attached hydrogens (primary N) is 1. The third kappa shape index (κ3) is 4.99. The normalized spacial score (nSPS) is 14.4. The van der Waals surface area contributed by atoms with Gasteiger partial charge in [-0.1, -0.05) is 41.4 Å². The van der Waals surface area contributed by atoms with Crippen LogP contribution in [0.4, 0.5) is 5.82 Å². The zero-order valence-corrected chi connectivity index (χ0v) is 19.2. The first kappa shape index (κ1) is 22.4. The number of piperazine rings is 1. The Morgan fingerprint density at radius 3 is 2.34 bits per heavy atom. The van der Waals surface area contributed by atoms with Crippen molar-refractivity contribution >= 4 is 34.9 Å². The van der Waals surface area contributed by atoms with E-state index in [2.05, 4.69) is 16.9 Å². The number of pyridine rings is 1. The van der Waals surface area contributed by atoms with Gasteiger partial charge in [-0.3, -0.25) is 4.79 Å². The van der Waals surface area contributed by atoms with Gasteiger partial charge in [0.15, 0.2) is 11.6 Å². The first-order valence-corrected chi connectivity index (χ1v) is 11.1. The fourth-order valence-electron chi connectivity index (χ4n) is 3.55. The first-order chi connectivity index (χ1) is 15.4. The summed E-state index contributed by atoms with van der Waals surface area (Å²) in [4.78, 5) is 21.1. The van der Waals surface area contributed by atoms with Crippen LogP contribution in [0.3, 0.4) is 0 Å². The second kappa shape index (κ2) is 9.77. The lowest BCUT2D eigenvalue weighted by Crippen LogP contribution is -2.47. The number of aromatic nitrogens is 1. The molecule has 1 fully saturated rings. The van der Waals surface area contributed by atoms with E-state index in [1.807, 2.05) is 35.2 Å². The number of hydrogen-bond acceptors (Lipinski definition) is 5. The SMILES string of the molecule is CN1CCN(C(=O)c2ccc(-c3cnc(N)c(OCc4c(Cl)cccc4Cl)c3)cc2)CC1. The topological polar surface area (TPSA) is 71.7 Å². The molecule has 0 bridgehead atoms. The molecule has 0 spiro atoms. The van der Waals surface area contributed by atoms with Gasteiger partial charge in [-0.2, -0.15) is 0 Å². The molecule has 2 N–H and O–H groups in total. The van der Waals surface area contributed by atoms with E-state index in [4.69, 9.17) is 33.7 Å². The number of hydrogen-bond donors (Lipinski definition) is 1. The Hall–Kier alpha value is -2.80. The van der Waals surface area contributed by atoms with Gasteiger partial charge in [0.25, 0.3) is 5.91 Å². The van der Waals surface area contributed by atoms with E-state index >= 15 is 0 Å². The number of benzene rings is 2. The maximum absolute atomic E-state index is 12.8. The van der Waals surface area contributed by atoms with Crippen LogP contribution >= 0.6 is 23.2 Å². The number of amides is 1. The summed E-state index contributed by atoms with van der Waals surface area (Å²) in [5, 5.41) is 1.06. The summed E-state index contributed by atoms with van der Waals surface area (Å²) in [7, 11) is 2.07. The summed E-state index contributed by atoms with van der Waals surface area (Å²) in [5.74, 6) is 0.774. The third-order valence-electron chi connectivity index (χ3n) is 5.57. The number of ether oxygens (including phenoxy) is 1. The minimum absolute atomic E-state index is 0.0562. The average Bonchev–Trinajstić information content (AvgIpc) is 2.80. The Morgan fingerprint density at radius 2 is 1.69 bits per heavy atom. The van der Waals surface area contributed by atoms with E-state index in [-0.39, 0.29) is 18.3 Å². The van der Waals surface area contributed by atoms with Gasteiger partial charge in [0.1, 0.15) is 6.61 Å². The number of nitrogens with zero attached hydrogens (tertiary/aromatic N) is 3. The van der Waals surface area contributed by atoms with Crippen LogP contribution < -0.4 is 10.5 Å². The molecule has 1 aromatic heterocycles. The van der Waals surface area contributed by atoms with Crippen LogP contribution in [0.5, 0.6) is 5.75 Å². The Kier molecular flexibility index (Phi) is 6.84. The summed E-state index contributed by atoms with van der Waals surface area (Å²) in [6.45, 7) is 3.45. The highest BCUT2D eigenvalue weighted by Crippen LogP contribution is 2.30. The number of nitrogen functional groups attached to an aromatic ring is 1. The molecule has 166 valence electrons. The fourth-order valence-corrected chi connectivity index (χ4v) is 4.05. The predicted molar refractivity (Wildman–Crippen MR) is 128 cm³/mol. The Bertz CT molecular complexity index is 1090. The van der Waals surface area contributed by atoms with Crippen molar-refractivity contribution in [1.29, 1.82) is 0 Å². The van der Waals surface area contributed by atoms with Crippen molar-refractivity contribution in [2.24, 2.45) is 0 Å². The molecular weight excluding hydrogens is 447 g/mol. The lowest BCUT2D eigenvalue weighted by molar-refractivity contribution is 0.0664. The Morgan fingerprint density at radius 1 is 1.03 bits per heavy atom. The smallest absolute Gasteiger partial charge is 0.253 e. The molecule has 4 rings (SSSR count). The molecule has 0 unspecified atom stereocenters. The van der Waals surface area contributed by atoms with Crippen LogP contribution in [0.2, 0.25) is 10.0 Å².